The number of benzene rings is 1. The smallest absolute Gasteiger partial charge is 0.0992 e. The van der Waals surface area contributed by atoms with Crippen LogP contribution in [0.1, 0.15) is 5.69 Å². The molecular formula is C14H15N5. The summed E-state index contributed by atoms with van der Waals surface area (Å²) in [5.41, 5.74) is 3.30. The van der Waals surface area contributed by atoms with Crippen LogP contribution in [-0.4, -0.2) is 19.3 Å². The lowest BCUT2D eigenvalue weighted by molar-refractivity contribution is 0.720. The van der Waals surface area contributed by atoms with Crippen LogP contribution in [0, 0.1) is 0 Å². The van der Waals surface area contributed by atoms with Gasteiger partial charge in [0, 0.05) is 25.6 Å². The Morgan fingerprint density at radius 1 is 1.16 bits per heavy atom. The third-order valence-corrected chi connectivity index (χ3v) is 3.07. The molecule has 3 rings (SSSR count). The van der Waals surface area contributed by atoms with Crippen LogP contribution in [0.25, 0.3) is 5.69 Å². The number of nitrogens with zero attached hydrogens (tertiary/aromatic N) is 4. The van der Waals surface area contributed by atoms with Gasteiger partial charge in [0.15, 0.2) is 0 Å². The molecule has 2 heterocycles. The van der Waals surface area contributed by atoms with Crippen LogP contribution in [0.4, 0.5) is 5.69 Å². The summed E-state index contributed by atoms with van der Waals surface area (Å²) in [5, 5.41) is 7.60. The Hall–Kier alpha value is -2.56. The molecule has 1 N–H and O–H groups in total. The molecule has 0 saturated carbocycles. The number of nitrogens with one attached hydrogen (secondary N) is 1. The Morgan fingerprint density at radius 3 is 2.79 bits per heavy atom. The SMILES string of the molecule is Cn1nccc1CNc1ccccc1-n1ccnc1. The first kappa shape index (κ1) is 11.5. The number of hydrogen-bond donors (Lipinski definition) is 1. The van der Waals surface area contributed by atoms with Gasteiger partial charge in [-0.2, -0.15) is 5.10 Å². The van der Waals surface area contributed by atoms with Crippen molar-refractivity contribution in [2.24, 2.45) is 7.05 Å². The van der Waals surface area contributed by atoms with Gasteiger partial charge in [0.1, 0.15) is 0 Å². The monoisotopic (exact) mass is 253 g/mol. The molecule has 0 amide bonds. The first-order chi connectivity index (χ1) is 9.34. The fourth-order valence-electron chi connectivity index (χ4n) is 2.01. The highest BCUT2D eigenvalue weighted by molar-refractivity contribution is 5.60. The second kappa shape index (κ2) is 4.97. The summed E-state index contributed by atoms with van der Waals surface area (Å²) in [6.07, 6.45) is 7.31. The lowest BCUT2D eigenvalue weighted by Crippen LogP contribution is -2.07. The van der Waals surface area contributed by atoms with E-state index in [1.54, 1.807) is 18.7 Å². The second-order valence-electron chi connectivity index (χ2n) is 4.29. The third-order valence-electron chi connectivity index (χ3n) is 3.07. The van der Waals surface area contributed by atoms with Crippen molar-refractivity contribution in [1.29, 1.82) is 0 Å². The van der Waals surface area contributed by atoms with Crippen molar-refractivity contribution in [1.82, 2.24) is 19.3 Å². The lowest BCUT2D eigenvalue weighted by atomic mass is 10.2. The van der Waals surface area contributed by atoms with E-state index in [1.165, 1.54) is 0 Å². The maximum Gasteiger partial charge on any atom is 0.0992 e. The van der Waals surface area contributed by atoms with Crippen LogP contribution in [0.15, 0.2) is 55.2 Å². The van der Waals surface area contributed by atoms with Gasteiger partial charge < -0.3 is 9.88 Å². The minimum atomic E-state index is 0.738. The van der Waals surface area contributed by atoms with Gasteiger partial charge >= 0.3 is 0 Å². The Kier molecular flexibility index (Phi) is 3.02. The molecule has 5 heteroatoms. The van der Waals surface area contributed by atoms with Crippen molar-refractivity contribution in [2.45, 2.75) is 6.54 Å². The molecule has 0 aliphatic heterocycles. The van der Waals surface area contributed by atoms with Gasteiger partial charge in [-0.1, -0.05) is 12.1 Å². The summed E-state index contributed by atoms with van der Waals surface area (Å²) in [7, 11) is 1.94. The summed E-state index contributed by atoms with van der Waals surface area (Å²) >= 11 is 0. The molecule has 0 aliphatic rings. The first-order valence-corrected chi connectivity index (χ1v) is 6.13. The Bertz CT molecular complexity index is 654. The molecule has 3 aromatic rings. The molecule has 0 fully saturated rings. The summed E-state index contributed by atoms with van der Waals surface area (Å²) in [4.78, 5) is 4.08. The van der Waals surface area contributed by atoms with Crippen LogP contribution in [0.2, 0.25) is 0 Å². The quantitative estimate of drug-likeness (QED) is 0.775. The topological polar surface area (TPSA) is 47.7 Å². The molecule has 1 aromatic carbocycles. The number of rotatable bonds is 4. The molecule has 0 unspecified atom stereocenters. The van der Waals surface area contributed by atoms with Crippen LogP contribution < -0.4 is 5.32 Å². The number of anilines is 1. The molecule has 96 valence electrons. The normalized spacial score (nSPS) is 10.6. The molecule has 0 aliphatic carbocycles. The standard InChI is InChI=1S/C14H15N5/c1-18-12(6-7-17-18)10-16-13-4-2-3-5-14(13)19-9-8-15-11-19/h2-9,11,16H,10H2,1H3. The van der Waals surface area contributed by atoms with Gasteiger partial charge in [-0.15, -0.1) is 0 Å². The van der Waals surface area contributed by atoms with Gasteiger partial charge in [0.2, 0.25) is 0 Å². The molecule has 2 aromatic heterocycles. The molecule has 0 spiro atoms. The molecule has 0 saturated heterocycles. The van der Waals surface area contributed by atoms with E-state index in [4.69, 9.17) is 0 Å². The van der Waals surface area contributed by atoms with Crippen molar-refractivity contribution in [3.05, 3.63) is 60.9 Å². The predicted octanol–water partition coefficient (Wildman–Crippen LogP) is 2.22. The number of para-hydroxylation sites is 2. The van der Waals surface area contributed by atoms with Gasteiger partial charge in [0.05, 0.1) is 29.9 Å². The highest BCUT2D eigenvalue weighted by Gasteiger charge is 2.04. The van der Waals surface area contributed by atoms with E-state index >= 15 is 0 Å². The molecule has 0 radical (unpaired) electrons. The predicted molar refractivity (Wildman–Crippen MR) is 74.1 cm³/mol. The number of hydrogen-bond acceptors (Lipinski definition) is 3. The van der Waals surface area contributed by atoms with E-state index in [2.05, 4.69) is 27.5 Å². The fraction of sp³-hybridized carbons (Fsp3) is 0.143. The third kappa shape index (κ3) is 2.35. The first-order valence-electron chi connectivity index (χ1n) is 6.13. The van der Waals surface area contributed by atoms with Crippen molar-refractivity contribution in [2.75, 3.05) is 5.32 Å². The zero-order valence-corrected chi connectivity index (χ0v) is 10.7. The van der Waals surface area contributed by atoms with Crippen LogP contribution in [0.5, 0.6) is 0 Å². The maximum atomic E-state index is 4.16. The highest BCUT2D eigenvalue weighted by Crippen LogP contribution is 2.20. The van der Waals surface area contributed by atoms with Crippen LogP contribution >= 0.6 is 0 Å². The largest absolute Gasteiger partial charge is 0.378 e. The van der Waals surface area contributed by atoms with Gasteiger partial charge in [-0.3, -0.25) is 4.68 Å². The summed E-state index contributed by atoms with van der Waals surface area (Å²) < 4.78 is 3.86. The molecule has 19 heavy (non-hydrogen) atoms. The van der Waals surface area contributed by atoms with E-state index in [0.717, 1.165) is 23.6 Å². The fourth-order valence-corrected chi connectivity index (χ4v) is 2.01. The van der Waals surface area contributed by atoms with Crippen molar-refractivity contribution in [3.8, 4) is 5.69 Å². The number of aryl methyl sites for hydroxylation is 1. The van der Waals surface area contributed by atoms with Crippen molar-refractivity contribution >= 4 is 5.69 Å². The Labute approximate surface area is 111 Å². The van der Waals surface area contributed by atoms with Crippen molar-refractivity contribution in [3.63, 3.8) is 0 Å². The summed E-state index contributed by atoms with van der Waals surface area (Å²) in [6.45, 7) is 0.738. The molecule has 0 bridgehead atoms. The minimum absolute atomic E-state index is 0.738. The second-order valence-corrected chi connectivity index (χ2v) is 4.29. The minimum Gasteiger partial charge on any atom is -0.378 e. The van der Waals surface area contributed by atoms with E-state index in [-0.39, 0.29) is 0 Å². The molecule has 0 atom stereocenters. The van der Waals surface area contributed by atoms with E-state index < -0.39 is 0 Å². The van der Waals surface area contributed by atoms with Crippen LogP contribution in [-0.2, 0) is 13.6 Å². The van der Waals surface area contributed by atoms with Crippen molar-refractivity contribution < 1.29 is 0 Å². The average molecular weight is 253 g/mol. The van der Waals surface area contributed by atoms with Gasteiger partial charge in [0.25, 0.3) is 0 Å². The zero-order chi connectivity index (χ0) is 13.1. The zero-order valence-electron chi connectivity index (χ0n) is 10.7. The summed E-state index contributed by atoms with van der Waals surface area (Å²) in [5.74, 6) is 0. The molecule has 5 nitrogen and oxygen atoms in total. The molecular weight excluding hydrogens is 238 g/mol. The highest BCUT2D eigenvalue weighted by atomic mass is 15.3. The van der Waals surface area contributed by atoms with Crippen LogP contribution in [0.3, 0.4) is 0 Å². The average Bonchev–Trinajstić information content (AvgIpc) is 3.08. The Morgan fingerprint density at radius 2 is 2.05 bits per heavy atom. The van der Waals surface area contributed by atoms with Gasteiger partial charge in [-0.05, 0) is 18.2 Å². The number of imidazole rings is 1. The lowest BCUT2D eigenvalue weighted by Gasteiger charge is -2.12. The summed E-state index contributed by atoms with van der Waals surface area (Å²) in [6, 6.07) is 10.2. The Balaban J connectivity index is 1.84. The van der Waals surface area contributed by atoms with Gasteiger partial charge in [-0.25, -0.2) is 4.98 Å². The van der Waals surface area contributed by atoms with E-state index in [0.29, 0.717) is 0 Å². The number of aromatic nitrogens is 4. The maximum absolute atomic E-state index is 4.16. The van der Waals surface area contributed by atoms with E-state index in [1.807, 2.05) is 40.7 Å². The van der Waals surface area contributed by atoms with E-state index in [9.17, 15) is 0 Å².